The zero-order chi connectivity index (χ0) is 22.1. The Bertz CT molecular complexity index is 1070. The van der Waals surface area contributed by atoms with Gasteiger partial charge in [-0.25, -0.2) is 4.39 Å². The summed E-state index contributed by atoms with van der Waals surface area (Å²) >= 11 is 5.99. The molecule has 8 heteroatoms. The number of carbonyl (C=O) groups is 2. The van der Waals surface area contributed by atoms with Crippen LogP contribution in [-0.4, -0.2) is 45.8 Å². The van der Waals surface area contributed by atoms with Crippen LogP contribution in [0, 0.1) is 0 Å². The van der Waals surface area contributed by atoms with Crippen molar-refractivity contribution in [2.45, 2.75) is 45.2 Å². The smallest absolute Gasteiger partial charge is 0.272 e. The molecule has 3 aliphatic rings. The van der Waals surface area contributed by atoms with E-state index in [1.54, 1.807) is 33.4 Å². The first-order valence-electron chi connectivity index (χ1n) is 10.6. The SMILES string of the molecule is C\C(Cl)=C/C(=C\C=C\F)CN1CCCc2c(cc(=O)n3c2C(=O)N2CCCCC23)C1=O. The van der Waals surface area contributed by atoms with Crippen molar-refractivity contribution in [1.29, 1.82) is 0 Å². The lowest BCUT2D eigenvalue weighted by Crippen LogP contribution is -2.36. The second-order valence-electron chi connectivity index (χ2n) is 8.19. The average molecular weight is 446 g/mol. The highest BCUT2D eigenvalue weighted by Gasteiger charge is 2.42. The Labute approximate surface area is 185 Å². The number of hydrogen-bond donors (Lipinski definition) is 0. The molecular weight excluding hydrogens is 421 g/mol. The van der Waals surface area contributed by atoms with E-state index in [1.807, 2.05) is 0 Å². The number of fused-ring (bicyclic) bond motifs is 5. The molecule has 0 bridgehead atoms. The molecule has 1 aromatic rings. The molecule has 0 N–H and O–H groups in total. The molecular formula is C23H25ClFN3O3. The molecule has 0 aliphatic carbocycles. The Balaban J connectivity index is 1.73. The van der Waals surface area contributed by atoms with Gasteiger partial charge in [0.05, 0.1) is 11.9 Å². The van der Waals surface area contributed by atoms with Gasteiger partial charge in [0.1, 0.15) is 11.9 Å². The maximum absolute atomic E-state index is 13.4. The molecule has 31 heavy (non-hydrogen) atoms. The normalized spacial score (nSPS) is 22.0. The number of nitrogens with zero attached hydrogens (tertiary/aromatic N) is 3. The molecule has 6 nitrogen and oxygen atoms in total. The molecule has 1 saturated heterocycles. The summed E-state index contributed by atoms with van der Waals surface area (Å²) in [5, 5.41) is 0.513. The van der Waals surface area contributed by atoms with Crippen LogP contribution in [0.5, 0.6) is 0 Å². The van der Waals surface area contributed by atoms with Gasteiger partial charge in [-0.05, 0) is 62.3 Å². The van der Waals surface area contributed by atoms with E-state index >= 15 is 0 Å². The number of piperidine rings is 1. The molecule has 0 spiro atoms. The summed E-state index contributed by atoms with van der Waals surface area (Å²) in [6.07, 6.45) is 8.54. The van der Waals surface area contributed by atoms with Gasteiger partial charge in [0.25, 0.3) is 17.4 Å². The first kappa shape index (κ1) is 21.6. The van der Waals surface area contributed by atoms with Gasteiger partial charge in [0, 0.05) is 30.7 Å². The molecule has 1 unspecified atom stereocenters. The molecule has 0 saturated carbocycles. The molecule has 1 fully saturated rings. The van der Waals surface area contributed by atoms with Crippen LogP contribution in [0.3, 0.4) is 0 Å². The average Bonchev–Trinajstić information content (AvgIpc) is 2.96. The number of halogens is 2. The fraction of sp³-hybridized carbons (Fsp3) is 0.435. The second-order valence-corrected chi connectivity index (χ2v) is 8.79. The van der Waals surface area contributed by atoms with Crippen molar-refractivity contribution < 1.29 is 14.0 Å². The van der Waals surface area contributed by atoms with E-state index in [2.05, 4.69) is 0 Å². The molecule has 4 rings (SSSR count). The van der Waals surface area contributed by atoms with Crippen molar-refractivity contribution in [3.8, 4) is 0 Å². The first-order chi connectivity index (χ1) is 14.9. The van der Waals surface area contributed by atoms with Crippen molar-refractivity contribution in [2.24, 2.45) is 0 Å². The predicted molar refractivity (Wildman–Crippen MR) is 117 cm³/mol. The minimum Gasteiger partial charge on any atom is -0.334 e. The highest BCUT2D eigenvalue weighted by Crippen LogP contribution is 2.36. The van der Waals surface area contributed by atoms with E-state index in [9.17, 15) is 18.8 Å². The van der Waals surface area contributed by atoms with Gasteiger partial charge in [0.2, 0.25) is 0 Å². The predicted octanol–water partition coefficient (Wildman–Crippen LogP) is 3.93. The van der Waals surface area contributed by atoms with Crippen LogP contribution in [0.15, 0.2) is 46.0 Å². The van der Waals surface area contributed by atoms with Gasteiger partial charge >= 0.3 is 0 Å². The van der Waals surface area contributed by atoms with Gasteiger partial charge < -0.3 is 9.80 Å². The third kappa shape index (κ3) is 3.99. The molecule has 2 amide bonds. The molecule has 164 valence electrons. The minimum absolute atomic E-state index is 0.144. The van der Waals surface area contributed by atoms with Crippen molar-refractivity contribution in [2.75, 3.05) is 19.6 Å². The minimum atomic E-state index is -0.306. The molecule has 0 radical (unpaired) electrons. The van der Waals surface area contributed by atoms with Crippen LogP contribution in [0.4, 0.5) is 4.39 Å². The molecule has 1 aromatic heterocycles. The summed E-state index contributed by atoms with van der Waals surface area (Å²) in [4.78, 5) is 42.9. The number of aromatic nitrogens is 1. The van der Waals surface area contributed by atoms with Crippen molar-refractivity contribution >= 4 is 23.4 Å². The Hall–Kier alpha value is -2.67. The summed E-state index contributed by atoms with van der Waals surface area (Å²) in [6.45, 7) is 3.04. The van der Waals surface area contributed by atoms with Crippen LogP contribution >= 0.6 is 11.6 Å². The second kappa shape index (κ2) is 8.83. The Morgan fingerprint density at radius 2 is 2.00 bits per heavy atom. The summed E-state index contributed by atoms with van der Waals surface area (Å²) < 4.78 is 14.1. The molecule has 0 aromatic carbocycles. The van der Waals surface area contributed by atoms with Gasteiger partial charge in [-0.1, -0.05) is 17.7 Å². The summed E-state index contributed by atoms with van der Waals surface area (Å²) in [5.74, 6) is -0.435. The Morgan fingerprint density at radius 1 is 1.19 bits per heavy atom. The quantitative estimate of drug-likeness (QED) is 0.660. The summed E-state index contributed by atoms with van der Waals surface area (Å²) in [5.41, 5.74) is 1.72. The topological polar surface area (TPSA) is 62.6 Å². The zero-order valence-electron chi connectivity index (χ0n) is 17.4. The van der Waals surface area contributed by atoms with Crippen molar-refractivity contribution in [3.05, 3.63) is 68.4 Å². The maximum atomic E-state index is 13.4. The monoisotopic (exact) mass is 445 g/mol. The third-order valence-corrected chi connectivity index (χ3v) is 6.21. The van der Waals surface area contributed by atoms with Crippen molar-refractivity contribution in [3.63, 3.8) is 0 Å². The number of allylic oxidation sites excluding steroid dienone is 3. The number of amides is 2. The Morgan fingerprint density at radius 3 is 2.74 bits per heavy atom. The van der Waals surface area contributed by atoms with Crippen LogP contribution < -0.4 is 5.56 Å². The van der Waals surface area contributed by atoms with Gasteiger partial charge in [0.15, 0.2) is 0 Å². The highest BCUT2D eigenvalue weighted by molar-refractivity contribution is 6.29. The van der Waals surface area contributed by atoms with Crippen molar-refractivity contribution in [1.82, 2.24) is 14.4 Å². The van der Waals surface area contributed by atoms with E-state index < -0.39 is 0 Å². The first-order valence-corrected chi connectivity index (χ1v) is 11.0. The van der Waals surface area contributed by atoms with E-state index in [1.165, 1.54) is 12.1 Å². The molecule has 3 aliphatic heterocycles. The van der Waals surface area contributed by atoms with E-state index in [0.717, 1.165) is 19.3 Å². The van der Waals surface area contributed by atoms with Gasteiger partial charge in [-0.2, -0.15) is 0 Å². The van der Waals surface area contributed by atoms with E-state index in [0.29, 0.717) is 59.7 Å². The Kier molecular flexibility index (Phi) is 6.14. The van der Waals surface area contributed by atoms with Crippen LogP contribution in [-0.2, 0) is 6.42 Å². The number of hydrogen-bond acceptors (Lipinski definition) is 3. The lowest BCUT2D eigenvalue weighted by atomic mass is 10.0. The fourth-order valence-electron chi connectivity index (χ4n) is 4.84. The number of carbonyl (C=O) groups excluding carboxylic acids is 2. The largest absolute Gasteiger partial charge is 0.334 e. The van der Waals surface area contributed by atoms with Gasteiger partial charge in [-0.3, -0.25) is 19.0 Å². The number of rotatable bonds is 4. The fourth-order valence-corrected chi connectivity index (χ4v) is 4.98. The van der Waals surface area contributed by atoms with E-state index in [4.69, 9.17) is 11.6 Å². The van der Waals surface area contributed by atoms with Crippen LogP contribution in [0.1, 0.15) is 65.2 Å². The lowest BCUT2D eigenvalue weighted by molar-refractivity contribution is 0.0619. The zero-order valence-corrected chi connectivity index (χ0v) is 18.2. The summed E-state index contributed by atoms with van der Waals surface area (Å²) in [6, 6.07) is 1.39. The van der Waals surface area contributed by atoms with Gasteiger partial charge in [-0.15, -0.1) is 0 Å². The number of pyridine rings is 1. The maximum Gasteiger partial charge on any atom is 0.272 e. The van der Waals surface area contributed by atoms with E-state index in [-0.39, 0.29) is 30.1 Å². The highest BCUT2D eigenvalue weighted by atomic mass is 35.5. The van der Waals surface area contributed by atoms with Crippen LogP contribution in [0.2, 0.25) is 0 Å². The standard InChI is InChI=1S/C23H25ClFN3O3/c1-15(24)12-16(6-4-9-25)14-26-10-5-7-17-18(22(26)30)13-20(29)28-19-8-2-3-11-27(19)23(31)21(17)28/h4,6,9,12-13,19H,2-3,5,7-8,10-11,14H2,1H3/b9-4+,15-12+,16-6+. The molecule has 1 atom stereocenters. The lowest BCUT2D eigenvalue weighted by Gasteiger charge is -2.29. The van der Waals surface area contributed by atoms with Crippen LogP contribution in [0.25, 0.3) is 0 Å². The molecule has 4 heterocycles. The third-order valence-electron chi connectivity index (χ3n) is 6.10. The summed E-state index contributed by atoms with van der Waals surface area (Å²) in [7, 11) is 0.